The lowest BCUT2D eigenvalue weighted by atomic mass is 10.1. The monoisotopic (exact) mass is 878 g/mol. The Bertz CT molecular complexity index is 1730. The van der Waals surface area contributed by atoms with Gasteiger partial charge in [-0.1, -0.05) is 21.6 Å². The molecule has 326 valence electrons. The summed E-state index contributed by atoms with van der Waals surface area (Å²) in [7, 11) is 1.92. The molecule has 60 heavy (non-hydrogen) atoms. The number of ether oxygens (including phenoxy) is 2. The van der Waals surface area contributed by atoms with Crippen molar-refractivity contribution in [3.8, 4) is 11.5 Å². The minimum atomic E-state index is -1.35. The molecule has 4 atom stereocenters. The first-order chi connectivity index (χ1) is 28.3. The topological polar surface area (TPSA) is 354 Å². The first-order valence-electron chi connectivity index (χ1n) is 17.8. The molecule has 22 nitrogen and oxygen atoms in total. The highest BCUT2D eigenvalue weighted by atomic mass is 33.1. The fourth-order valence-electron chi connectivity index (χ4n) is 4.47. The van der Waals surface area contributed by atoms with E-state index in [1.54, 1.807) is 0 Å². The SMILES string of the molecule is CC(=O)Nc1ccc(OC(=O)CNC(=O)C(CSSCC(NC(=O)CCC(N)C(=O)O)C(=O)NCC(=O)Oc2ccc(NC(C)=O)cc2)NC(=O)CCC(N)C(=O)O)cc1. The third kappa shape index (κ3) is 20.4. The molecule has 0 fully saturated rings. The number of nitrogens with two attached hydrogens (primary N) is 2. The molecule has 2 aromatic carbocycles. The Balaban J connectivity index is 2.08. The van der Waals surface area contributed by atoms with Crippen LogP contribution >= 0.6 is 21.6 Å². The van der Waals surface area contributed by atoms with Crippen LogP contribution in [0.25, 0.3) is 0 Å². The van der Waals surface area contributed by atoms with E-state index in [1.807, 2.05) is 0 Å². The molecule has 24 heteroatoms. The van der Waals surface area contributed by atoms with Gasteiger partial charge in [-0.25, -0.2) is 9.59 Å². The molecule has 0 radical (unpaired) electrons. The summed E-state index contributed by atoms with van der Waals surface area (Å²) in [5, 5.41) is 32.8. The molecule has 0 saturated carbocycles. The Labute approximate surface area is 350 Å². The van der Waals surface area contributed by atoms with Crippen molar-refractivity contribution in [3.63, 3.8) is 0 Å². The number of rotatable bonds is 25. The van der Waals surface area contributed by atoms with Gasteiger partial charge in [0.1, 0.15) is 48.8 Å². The van der Waals surface area contributed by atoms with Crippen molar-refractivity contribution >= 4 is 92.3 Å². The Morgan fingerprint density at radius 1 is 0.583 bits per heavy atom. The molecular formula is C36H46N8O14S2. The minimum Gasteiger partial charge on any atom is -0.480 e. The highest BCUT2D eigenvalue weighted by Gasteiger charge is 2.26. The number of nitrogens with one attached hydrogen (secondary N) is 6. The third-order valence-electron chi connectivity index (χ3n) is 7.48. The normalized spacial score (nSPS) is 12.5. The van der Waals surface area contributed by atoms with Crippen molar-refractivity contribution in [2.24, 2.45) is 11.5 Å². The first kappa shape index (κ1) is 49.9. The number of hydrogen-bond acceptors (Lipinski definition) is 16. The number of carbonyl (C=O) groups excluding carboxylic acids is 8. The molecule has 2 rings (SSSR count). The lowest BCUT2D eigenvalue weighted by Gasteiger charge is -2.20. The number of esters is 2. The van der Waals surface area contributed by atoms with E-state index >= 15 is 0 Å². The van der Waals surface area contributed by atoms with E-state index in [4.69, 9.17) is 31.2 Å². The molecular weight excluding hydrogens is 833 g/mol. The van der Waals surface area contributed by atoms with Crippen LogP contribution in [0.15, 0.2) is 48.5 Å². The lowest BCUT2D eigenvalue weighted by Crippen LogP contribution is -2.50. The van der Waals surface area contributed by atoms with E-state index < -0.39 is 84.8 Å². The summed E-state index contributed by atoms with van der Waals surface area (Å²) in [6.45, 7) is 1.37. The number of benzene rings is 2. The van der Waals surface area contributed by atoms with Crippen molar-refractivity contribution in [1.29, 1.82) is 0 Å². The second-order valence-electron chi connectivity index (χ2n) is 12.6. The number of aliphatic carboxylic acids is 2. The average molecular weight is 879 g/mol. The summed E-state index contributed by atoms with van der Waals surface area (Å²) in [6, 6.07) is 6.25. The molecule has 4 unspecified atom stereocenters. The summed E-state index contributed by atoms with van der Waals surface area (Å²) in [4.78, 5) is 121. The maximum atomic E-state index is 13.2. The predicted octanol–water partition coefficient (Wildman–Crippen LogP) is -0.918. The maximum absolute atomic E-state index is 13.2. The van der Waals surface area contributed by atoms with Crippen LogP contribution in [-0.4, -0.2) is 118 Å². The molecule has 6 amide bonds. The summed E-state index contributed by atoms with van der Waals surface area (Å²) in [5.41, 5.74) is 11.9. The zero-order valence-electron chi connectivity index (χ0n) is 32.3. The number of amides is 6. The van der Waals surface area contributed by atoms with Crippen LogP contribution < -0.4 is 52.8 Å². The fraction of sp³-hybridized carbons (Fsp3) is 0.389. The van der Waals surface area contributed by atoms with Crippen LogP contribution in [0, 0.1) is 0 Å². The molecule has 0 aliphatic heterocycles. The quantitative estimate of drug-likeness (QED) is 0.0250. The number of carboxylic acids is 2. The van der Waals surface area contributed by atoms with Gasteiger partial charge in [-0.2, -0.15) is 0 Å². The van der Waals surface area contributed by atoms with Crippen molar-refractivity contribution in [1.82, 2.24) is 21.3 Å². The summed E-state index contributed by atoms with van der Waals surface area (Å²) < 4.78 is 10.4. The summed E-state index contributed by atoms with van der Waals surface area (Å²) >= 11 is 0. The molecule has 12 N–H and O–H groups in total. The van der Waals surface area contributed by atoms with E-state index in [-0.39, 0.29) is 60.5 Å². The second-order valence-corrected chi connectivity index (χ2v) is 15.1. The van der Waals surface area contributed by atoms with Crippen LogP contribution in [0.4, 0.5) is 11.4 Å². The van der Waals surface area contributed by atoms with Gasteiger partial charge in [-0.05, 0) is 61.4 Å². The highest BCUT2D eigenvalue weighted by molar-refractivity contribution is 8.76. The zero-order chi connectivity index (χ0) is 44.8. The molecule has 2 aromatic rings. The van der Waals surface area contributed by atoms with Crippen LogP contribution in [0.2, 0.25) is 0 Å². The van der Waals surface area contributed by atoms with Gasteiger partial charge in [0.15, 0.2) is 0 Å². The molecule has 0 bridgehead atoms. The van der Waals surface area contributed by atoms with E-state index in [0.717, 1.165) is 21.6 Å². The van der Waals surface area contributed by atoms with Gasteiger partial charge in [0, 0.05) is 49.6 Å². The Morgan fingerprint density at radius 2 is 0.917 bits per heavy atom. The van der Waals surface area contributed by atoms with E-state index in [9.17, 15) is 47.9 Å². The largest absolute Gasteiger partial charge is 0.480 e. The fourth-order valence-corrected chi connectivity index (χ4v) is 6.80. The Hall–Kier alpha value is -6.24. The molecule has 0 heterocycles. The maximum Gasteiger partial charge on any atom is 0.330 e. The van der Waals surface area contributed by atoms with Crippen molar-refractivity contribution < 1.29 is 67.6 Å². The predicted molar refractivity (Wildman–Crippen MR) is 217 cm³/mol. The Kier molecular flexibility index (Phi) is 21.6. The molecule has 0 aliphatic rings. The lowest BCUT2D eigenvalue weighted by molar-refractivity contribution is -0.140. The molecule has 0 aliphatic carbocycles. The minimum absolute atomic E-state index is 0.108. The highest BCUT2D eigenvalue weighted by Crippen LogP contribution is 2.24. The third-order valence-corrected chi connectivity index (χ3v) is 9.90. The Morgan fingerprint density at radius 3 is 1.22 bits per heavy atom. The second kappa shape index (κ2) is 26.0. The summed E-state index contributed by atoms with van der Waals surface area (Å²) in [5.74, 6) is -8.35. The van der Waals surface area contributed by atoms with Gasteiger partial charge in [0.2, 0.25) is 35.4 Å². The van der Waals surface area contributed by atoms with Gasteiger partial charge in [0.05, 0.1) is 0 Å². The zero-order valence-corrected chi connectivity index (χ0v) is 34.0. The first-order valence-corrected chi connectivity index (χ1v) is 20.3. The van der Waals surface area contributed by atoms with Gasteiger partial charge in [-0.15, -0.1) is 0 Å². The van der Waals surface area contributed by atoms with Gasteiger partial charge in [0.25, 0.3) is 0 Å². The van der Waals surface area contributed by atoms with Crippen LogP contribution in [0.1, 0.15) is 39.5 Å². The van der Waals surface area contributed by atoms with Crippen LogP contribution in [-0.2, 0) is 47.9 Å². The number of hydrogen-bond donors (Lipinski definition) is 10. The van der Waals surface area contributed by atoms with Crippen LogP contribution in [0.5, 0.6) is 11.5 Å². The van der Waals surface area contributed by atoms with Crippen molar-refractivity contribution in [2.45, 2.75) is 63.7 Å². The molecule has 0 spiro atoms. The van der Waals surface area contributed by atoms with Crippen molar-refractivity contribution in [2.75, 3.05) is 35.2 Å². The smallest absolute Gasteiger partial charge is 0.330 e. The van der Waals surface area contributed by atoms with Gasteiger partial charge in [-0.3, -0.25) is 38.4 Å². The molecule has 0 aromatic heterocycles. The number of anilines is 2. The van der Waals surface area contributed by atoms with E-state index in [1.165, 1.54) is 62.4 Å². The van der Waals surface area contributed by atoms with Crippen LogP contribution in [0.3, 0.4) is 0 Å². The average Bonchev–Trinajstić information content (AvgIpc) is 3.18. The summed E-state index contributed by atoms with van der Waals surface area (Å²) in [6.07, 6.45) is -1.24. The number of carbonyl (C=O) groups is 10. The van der Waals surface area contributed by atoms with E-state index in [2.05, 4.69) is 31.9 Å². The number of carboxylic acid groups (broad SMARTS) is 2. The molecule has 0 saturated heterocycles. The van der Waals surface area contributed by atoms with E-state index in [0.29, 0.717) is 11.4 Å². The van der Waals surface area contributed by atoms with Gasteiger partial charge >= 0.3 is 23.9 Å². The van der Waals surface area contributed by atoms with Gasteiger partial charge < -0.3 is 63.1 Å². The van der Waals surface area contributed by atoms with Crippen molar-refractivity contribution in [3.05, 3.63) is 48.5 Å². The standard InChI is InChI=1S/C36H46N8O14S2/c1-19(45)41-21-3-7-23(8-4-21)57-31(49)15-39-33(51)27(43-29(47)13-11-25(37)35(53)54)17-59-60-18-28(44-30(48)14-12-26(38)36(55)56)34(52)40-16-32(50)58-24-9-5-22(6-10-24)42-20(2)46/h3-10,25-28H,11-18,37-38H2,1-2H3,(H,39,51)(H,40,52)(H,41,45)(H,42,46)(H,43,47)(H,44,48)(H,53,54)(H,55,56).